The van der Waals surface area contributed by atoms with Crippen LogP contribution in [0.5, 0.6) is 0 Å². The van der Waals surface area contributed by atoms with E-state index in [4.69, 9.17) is 0 Å². The maximum Gasteiger partial charge on any atom is 0.155 e. The quantitative estimate of drug-likeness (QED) is 0.828. The van der Waals surface area contributed by atoms with Crippen LogP contribution in [0.2, 0.25) is 0 Å². The first-order valence-electron chi connectivity index (χ1n) is 6.85. The molecule has 3 rings (SSSR count). The molecular formula is C14H20N4. The highest BCUT2D eigenvalue weighted by Gasteiger charge is 2.11. The van der Waals surface area contributed by atoms with Gasteiger partial charge in [-0.25, -0.2) is 9.50 Å². The number of aryl methyl sites for hydroxylation is 1. The number of hydrogen-bond donors (Lipinski definition) is 0. The Balaban J connectivity index is 1.67. The maximum absolute atomic E-state index is 4.58. The number of piperidine rings is 1. The van der Waals surface area contributed by atoms with Gasteiger partial charge in [0, 0.05) is 19.2 Å². The Morgan fingerprint density at radius 3 is 2.89 bits per heavy atom. The van der Waals surface area contributed by atoms with Crippen molar-refractivity contribution in [1.82, 2.24) is 19.5 Å². The van der Waals surface area contributed by atoms with Gasteiger partial charge in [-0.15, -0.1) is 0 Å². The smallest absolute Gasteiger partial charge is 0.155 e. The summed E-state index contributed by atoms with van der Waals surface area (Å²) in [6.45, 7) is 5.66. The number of aromatic nitrogens is 3. The second kappa shape index (κ2) is 5.06. The third-order valence-electron chi connectivity index (χ3n) is 3.64. The summed E-state index contributed by atoms with van der Waals surface area (Å²) in [5.41, 5.74) is 2.20. The van der Waals surface area contributed by atoms with Gasteiger partial charge in [-0.3, -0.25) is 0 Å². The van der Waals surface area contributed by atoms with E-state index in [0.717, 1.165) is 24.4 Å². The van der Waals surface area contributed by atoms with E-state index in [2.05, 4.69) is 34.0 Å². The van der Waals surface area contributed by atoms with Crippen LogP contribution in [0.15, 0.2) is 18.3 Å². The average molecular weight is 244 g/mol. The first-order chi connectivity index (χ1) is 8.81. The lowest BCUT2D eigenvalue weighted by atomic mass is 10.1. The fraction of sp³-hybridized carbons (Fsp3) is 0.571. The molecule has 1 aliphatic heterocycles. The first kappa shape index (κ1) is 11.7. The topological polar surface area (TPSA) is 33.4 Å². The van der Waals surface area contributed by atoms with E-state index in [0.29, 0.717) is 0 Å². The van der Waals surface area contributed by atoms with E-state index in [1.54, 1.807) is 0 Å². The number of likely N-dealkylation sites (tertiary alicyclic amines) is 1. The molecule has 2 aromatic heterocycles. The molecule has 1 aliphatic rings. The highest BCUT2D eigenvalue weighted by atomic mass is 15.3. The van der Waals surface area contributed by atoms with Gasteiger partial charge in [0.05, 0.1) is 0 Å². The Hall–Kier alpha value is -1.42. The van der Waals surface area contributed by atoms with Crippen molar-refractivity contribution >= 4 is 5.65 Å². The summed E-state index contributed by atoms with van der Waals surface area (Å²) < 4.78 is 1.87. The van der Waals surface area contributed by atoms with Gasteiger partial charge in [-0.1, -0.05) is 6.42 Å². The molecule has 0 spiro atoms. The molecule has 96 valence electrons. The van der Waals surface area contributed by atoms with Crippen molar-refractivity contribution in [2.75, 3.05) is 19.6 Å². The van der Waals surface area contributed by atoms with Crippen LogP contribution in [0.1, 0.15) is 30.7 Å². The van der Waals surface area contributed by atoms with Gasteiger partial charge in [-0.05, 0) is 50.6 Å². The van der Waals surface area contributed by atoms with Gasteiger partial charge in [0.2, 0.25) is 0 Å². The van der Waals surface area contributed by atoms with Crippen LogP contribution in [0.4, 0.5) is 0 Å². The van der Waals surface area contributed by atoms with Crippen LogP contribution in [0, 0.1) is 6.92 Å². The van der Waals surface area contributed by atoms with Gasteiger partial charge >= 0.3 is 0 Å². The van der Waals surface area contributed by atoms with E-state index in [-0.39, 0.29) is 0 Å². The Kier molecular flexibility index (Phi) is 3.28. The van der Waals surface area contributed by atoms with E-state index in [1.807, 2.05) is 10.7 Å². The number of pyridine rings is 1. The molecule has 0 amide bonds. The van der Waals surface area contributed by atoms with E-state index in [9.17, 15) is 0 Å². The largest absolute Gasteiger partial charge is 0.303 e. The highest BCUT2D eigenvalue weighted by molar-refractivity contribution is 5.39. The Labute approximate surface area is 108 Å². The van der Waals surface area contributed by atoms with E-state index in [1.165, 1.54) is 37.9 Å². The second-order valence-electron chi connectivity index (χ2n) is 5.19. The molecule has 0 radical (unpaired) electrons. The molecule has 0 aromatic carbocycles. The summed E-state index contributed by atoms with van der Waals surface area (Å²) in [5.74, 6) is 0.964. The monoisotopic (exact) mass is 244 g/mol. The summed E-state index contributed by atoms with van der Waals surface area (Å²) in [6.07, 6.45) is 7.03. The average Bonchev–Trinajstić information content (AvgIpc) is 2.79. The lowest BCUT2D eigenvalue weighted by Crippen LogP contribution is -2.31. The fourth-order valence-electron chi connectivity index (χ4n) is 2.58. The zero-order valence-electron chi connectivity index (χ0n) is 11.0. The van der Waals surface area contributed by atoms with Crippen molar-refractivity contribution in [3.05, 3.63) is 29.7 Å². The predicted octanol–water partition coefficient (Wildman–Crippen LogP) is 2.07. The molecule has 1 saturated heterocycles. The van der Waals surface area contributed by atoms with Crippen LogP contribution in [0.3, 0.4) is 0 Å². The lowest BCUT2D eigenvalue weighted by Gasteiger charge is -2.25. The Morgan fingerprint density at radius 1 is 1.22 bits per heavy atom. The van der Waals surface area contributed by atoms with E-state index >= 15 is 0 Å². The highest BCUT2D eigenvalue weighted by Crippen LogP contribution is 2.10. The molecular weight excluding hydrogens is 224 g/mol. The van der Waals surface area contributed by atoms with Crippen molar-refractivity contribution in [1.29, 1.82) is 0 Å². The van der Waals surface area contributed by atoms with Crippen LogP contribution in [-0.4, -0.2) is 39.1 Å². The summed E-state index contributed by atoms with van der Waals surface area (Å²) in [4.78, 5) is 7.11. The third-order valence-corrected chi connectivity index (χ3v) is 3.64. The van der Waals surface area contributed by atoms with Crippen molar-refractivity contribution in [2.45, 2.75) is 32.6 Å². The van der Waals surface area contributed by atoms with Crippen molar-refractivity contribution in [2.24, 2.45) is 0 Å². The van der Waals surface area contributed by atoms with Gasteiger partial charge in [-0.2, -0.15) is 5.10 Å². The molecule has 3 heterocycles. The van der Waals surface area contributed by atoms with Crippen molar-refractivity contribution in [3.63, 3.8) is 0 Å². The summed E-state index contributed by atoms with van der Waals surface area (Å²) in [7, 11) is 0. The molecule has 0 bridgehead atoms. The Morgan fingerprint density at radius 2 is 2.06 bits per heavy atom. The van der Waals surface area contributed by atoms with Crippen LogP contribution in [-0.2, 0) is 6.42 Å². The second-order valence-corrected chi connectivity index (χ2v) is 5.19. The standard InChI is InChI=1S/C14H20N4/c1-12-5-10-18-14(11-12)15-13(16-18)6-9-17-7-3-2-4-8-17/h5,10-11H,2-4,6-9H2,1H3. The van der Waals surface area contributed by atoms with Gasteiger partial charge < -0.3 is 4.90 Å². The zero-order valence-corrected chi connectivity index (χ0v) is 11.0. The zero-order chi connectivity index (χ0) is 12.4. The molecule has 18 heavy (non-hydrogen) atoms. The van der Waals surface area contributed by atoms with Gasteiger partial charge in [0.25, 0.3) is 0 Å². The van der Waals surface area contributed by atoms with E-state index < -0.39 is 0 Å². The summed E-state index contributed by atoms with van der Waals surface area (Å²) in [5, 5.41) is 4.52. The van der Waals surface area contributed by atoms with Gasteiger partial charge in [0.1, 0.15) is 0 Å². The molecule has 0 saturated carbocycles. The van der Waals surface area contributed by atoms with Crippen molar-refractivity contribution in [3.8, 4) is 0 Å². The minimum atomic E-state index is 0.959. The van der Waals surface area contributed by atoms with Gasteiger partial charge in [0.15, 0.2) is 11.5 Å². The number of nitrogens with zero attached hydrogens (tertiary/aromatic N) is 4. The predicted molar refractivity (Wildman–Crippen MR) is 71.7 cm³/mol. The molecule has 4 nitrogen and oxygen atoms in total. The molecule has 2 aromatic rings. The minimum absolute atomic E-state index is 0.959. The molecule has 0 aliphatic carbocycles. The molecule has 0 unspecified atom stereocenters. The summed E-state index contributed by atoms with van der Waals surface area (Å²) in [6, 6.07) is 4.15. The minimum Gasteiger partial charge on any atom is -0.303 e. The third kappa shape index (κ3) is 2.53. The lowest BCUT2D eigenvalue weighted by molar-refractivity contribution is 0.230. The van der Waals surface area contributed by atoms with Crippen LogP contribution in [0.25, 0.3) is 5.65 Å². The SMILES string of the molecule is Cc1ccn2nc(CCN3CCCCC3)nc2c1. The molecule has 4 heteroatoms. The first-order valence-corrected chi connectivity index (χ1v) is 6.85. The normalized spacial score (nSPS) is 17.4. The molecule has 0 atom stereocenters. The van der Waals surface area contributed by atoms with Crippen LogP contribution >= 0.6 is 0 Å². The summed E-state index contributed by atoms with van der Waals surface area (Å²) >= 11 is 0. The molecule has 1 fully saturated rings. The fourth-order valence-corrected chi connectivity index (χ4v) is 2.58. The maximum atomic E-state index is 4.58. The van der Waals surface area contributed by atoms with Crippen LogP contribution < -0.4 is 0 Å². The Bertz CT molecular complexity index is 526. The van der Waals surface area contributed by atoms with Crippen molar-refractivity contribution < 1.29 is 0 Å². The number of rotatable bonds is 3. The number of fused-ring (bicyclic) bond motifs is 1. The number of hydrogen-bond acceptors (Lipinski definition) is 3. The molecule has 0 N–H and O–H groups in total.